The summed E-state index contributed by atoms with van der Waals surface area (Å²) in [5.74, 6) is 0.800. The molecule has 2 unspecified atom stereocenters. The number of hydrogen-bond acceptors (Lipinski definition) is 2. The standard InChI is InChI=1S/C9H18N2O/c1-7(12)11(2)9-4-3-8(5-9)6-10/h8-9H,3-6,10H2,1-2H3. The Morgan fingerprint density at radius 2 is 2.25 bits per heavy atom. The lowest BCUT2D eigenvalue weighted by atomic mass is 10.1. The van der Waals surface area contributed by atoms with E-state index in [0.717, 1.165) is 19.4 Å². The fourth-order valence-corrected chi connectivity index (χ4v) is 1.87. The van der Waals surface area contributed by atoms with Crippen molar-refractivity contribution < 1.29 is 4.79 Å². The third-order valence-corrected chi connectivity index (χ3v) is 2.89. The number of rotatable bonds is 2. The lowest BCUT2D eigenvalue weighted by Crippen LogP contribution is -2.33. The average molecular weight is 170 g/mol. The smallest absolute Gasteiger partial charge is 0.219 e. The van der Waals surface area contributed by atoms with Crippen LogP contribution in [-0.4, -0.2) is 30.4 Å². The molecule has 1 fully saturated rings. The van der Waals surface area contributed by atoms with Crippen LogP contribution in [0.25, 0.3) is 0 Å². The predicted molar refractivity (Wildman–Crippen MR) is 48.6 cm³/mol. The molecule has 0 saturated heterocycles. The lowest BCUT2D eigenvalue weighted by Gasteiger charge is -2.22. The highest BCUT2D eigenvalue weighted by atomic mass is 16.2. The molecule has 12 heavy (non-hydrogen) atoms. The predicted octanol–water partition coefficient (Wildman–Crippen LogP) is 0.592. The summed E-state index contributed by atoms with van der Waals surface area (Å²) in [6, 6.07) is 0.441. The van der Waals surface area contributed by atoms with Gasteiger partial charge in [-0.25, -0.2) is 0 Å². The molecular formula is C9H18N2O. The van der Waals surface area contributed by atoms with E-state index in [9.17, 15) is 4.79 Å². The van der Waals surface area contributed by atoms with E-state index in [1.165, 1.54) is 6.42 Å². The maximum atomic E-state index is 11.0. The number of nitrogens with zero attached hydrogens (tertiary/aromatic N) is 1. The van der Waals surface area contributed by atoms with E-state index >= 15 is 0 Å². The molecule has 70 valence electrons. The molecular weight excluding hydrogens is 152 g/mol. The van der Waals surface area contributed by atoms with Crippen LogP contribution in [0.3, 0.4) is 0 Å². The zero-order valence-corrected chi connectivity index (χ0v) is 7.92. The Kier molecular flexibility index (Phi) is 3.09. The second-order valence-electron chi connectivity index (χ2n) is 3.70. The molecule has 0 heterocycles. The van der Waals surface area contributed by atoms with Gasteiger partial charge in [-0.2, -0.15) is 0 Å². The van der Waals surface area contributed by atoms with E-state index in [1.54, 1.807) is 6.92 Å². The Morgan fingerprint density at radius 1 is 1.58 bits per heavy atom. The number of carbonyl (C=O) groups excluding carboxylic acids is 1. The minimum Gasteiger partial charge on any atom is -0.343 e. The summed E-state index contributed by atoms with van der Waals surface area (Å²) in [5.41, 5.74) is 5.57. The fraction of sp³-hybridized carbons (Fsp3) is 0.889. The zero-order valence-electron chi connectivity index (χ0n) is 7.92. The molecule has 1 saturated carbocycles. The van der Waals surface area contributed by atoms with Crippen LogP contribution in [0.15, 0.2) is 0 Å². The number of nitrogens with two attached hydrogens (primary N) is 1. The molecule has 1 rings (SSSR count). The highest BCUT2D eigenvalue weighted by Crippen LogP contribution is 2.27. The van der Waals surface area contributed by atoms with Crippen molar-refractivity contribution in [3.8, 4) is 0 Å². The zero-order chi connectivity index (χ0) is 9.14. The molecule has 0 spiro atoms. The monoisotopic (exact) mass is 170 g/mol. The quantitative estimate of drug-likeness (QED) is 0.659. The van der Waals surface area contributed by atoms with Crippen LogP contribution in [0.2, 0.25) is 0 Å². The molecule has 3 heteroatoms. The van der Waals surface area contributed by atoms with Crippen molar-refractivity contribution in [2.75, 3.05) is 13.6 Å². The van der Waals surface area contributed by atoms with E-state index in [1.807, 2.05) is 11.9 Å². The summed E-state index contributed by atoms with van der Waals surface area (Å²) in [7, 11) is 1.88. The third kappa shape index (κ3) is 1.97. The van der Waals surface area contributed by atoms with Crippen LogP contribution in [0.4, 0.5) is 0 Å². The van der Waals surface area contributed by atoms with Crippen molar-refractivity contribution >= 4 is 5.91 Å². The van der Waals surface area contributed by atoms with Crippen LogP contribution < -0.4 is 5.73 Å². The Labute approximate surface area is 73.9 Å². The molecule has 1 aliphatic carbocycles. The molecule has 0 aromatic heterocycles. The summed E-state index contributed by atoms with van der Waals surface area (Å²) in [4.78, 5) is 12.9. The maximum absolute atomic E-state index is 11.0. The summed E-state index contributed by atoms with van der Waals surface area (Å²) < 4.78 is 0. The number of hydrogen-bond donors (Lipinski definition) is 1. The number of carbonyl (C=O) groups is 1. The Balaban J connectivity index is 2.41. The second-order valence-corrected chi connectivity index (χ2v) is 3.70. The van der Waals surface area contributed by atoms with Gasteiger partial charge in [0.15, 0.2) is 0 Å². The van der Waals surface area contributed by atoms with Gasteiger partial charge in [0.05, 0.1) is 0 Å². The van der Waals surface area contributed by atoms with Gasteiger partial charge in [0.2, 0.25) is 5.91 Å². The molecule has 1 amide bonds. The first-order valence-electron chi connectivity index (χ1n) is 4.58. The largest absolute Gasteiger partial charge is 0.343 e. The van der Waals surface area contributed by atoms with Crippen molar-refractivity contribution in [1.82, 2.24) is 4.90 Å². The molecule has 2 atom stereocenters. The summed E-state index contributed by atoms with van der Waals surface area (Å²) in [6.07, 6.45) is 3.39. The van der Waals surface area contributed by atoms with Gasteiger partial charge in [-0.15, -0.1) is 0 Å². The molecule has 2 N–H and O–H groups in total. The van der Waals surface area contributed by atoms with Gasteiger partial charge in [0.1, 0.15) is 0 Å². The van der Waals surface area contributed by atoms with Gasteiger partial charge < -0.3 is 10.6 Å². The first-order valence-corrected chi connectivity index (χ1v) is 4.58. The number of amides is 1. The fourth-order valence-electron chi connectivity index (χ4n) is 1.87. The van der Waals surface area contributed by atoms with E-state index < -0.39 is 0 Å². The van der Waals surface area contributed by atoms with Crippen molar-refractivity contribution in [3.63, 3.8) is 0 Å². The van der Waals surface area contributed by atoms with Gasteiger partial charge in [-0.05, 0) is 31.7 Å². The normalized spacial score (nSPS) is 28.9. The van der Waals surface area contributed by atoms with E-state index in [4.69, 9.17) is 5.73 Å². The van der Waals surface area contributed by atoms with Gasteiger partial charge in [-0.3, -0.25) is 4.79 Å². The Morgan fingerprint density at radius 3 is 2.67 bits per heavy atom. The topological polar surface area (TPSA) is 46.3 Å². The van der Waals surface area contributed by atoms with Crippen LogP contribution in [-0.2, 0) is 4.79 Å². The van der Waals surface area contributed by atoms with E-state index in [-0.39, 0.29) is 5.91 Å². The summed E-state index contributed by atoms with van der Waals surface area (Å²) in [5, 5.41) is 0. The van der Waals surface area contributed by atoms with Crippen molar-refractivity contribution in [3.05, 3.63) is 0 Å². The molecule has 0 aliphatic heterocycles. The first kappa shape index (κ1) is 9.52. The molecule has 0 radical (unpaired) electrons. The van der Waals surface area contributed by atoms with Crippen LogP contribution in [0.1, 0.15) is 26.2 Å². The van der Waals surface area contributed by atoms with Crippen molar-refractivity contribution in [1.29, 1.82) is 0 Å². The first-order chi connectivity index (χ1) is 5.65. The van der Waals surface area contributed by atoms with Crippen LogP contribution >= 0.6 is 0 Å². The third-order valence-electron chi connectivity index (χ3n) is 2.89. The highest BCUT2D eigenvalue weighted by molar-refractivity contribution is 5.73. The molecule has 0 bridgehead atoms. The lowest BCUT2D eigenvalue weighted by molar-refractivity contribution is -0.129. The second kappa shape index (κ2) is 3.90. The maximum Gasteiger partial charge on any atom is 0.219 e. The molecule has 1 aliphatic rings. The molecule has 0 aromatic carbocycles. The van der Waals surface area contributed by atoms with Crippen molar-refractivity contribution in [2.45, 2.75) is 32.2 Å². The minimum absolute atomic E-state index is 0.165. The molecule has 3 nitrogen and oxygen atoms in total. The highest BCUT2D eigenvalue weighted by Gasteiger charge is 2.27. The minimum atomic E-state index is 0.165. The van der Waals surface area contributed by atoms with Gasteiger partial charge in [0.25, 0.3) is 0 Å². The molecule has 0 aromatic rings. The van der Waals surface area contributed by atoms with E-state index in [2.05, 4.69) is 0 Å². The van der Waals surface area contributed by atoms with E-state index in [0.29, 0.717) is 12.0 Å². The SMILES string of the molecule is CC(=O)N(C)C1CCC(CN)C1. The van der Waals surface area contributed by atoms with Gasteiger partial charge >= 0.3 is 0 Å². The van der Waals surface area contributed by atoms with Crippen molar-refractivity contribution in [2.24, 2.45) is 11.7 Å². The van der Waals surface area contributed by atoms with Crippen LogP contribution in [0, 0.1) is 5.92 Å². The Hall–Kier alpha value is -0.570. The van der Waals surface area contributed by atoms with Crippen LogP contribution in [0.5, 0.6) is 0 Å². The summed E-state index contributed by atoms with van der Waals surface area (Å²) in [6.45, 7) is 2.39. The van der Waals surface area contributed by atoms with Gasteiger partial charge in [-0.1, -0.05) is 0 Å². The average Bonchev–Trinajstić information content (AvgIpc) is 2.50. The Bertz CT molecular complexity index is 170. The summed E-state index contributed by atoms with van der Waals surface area (Å²) >= 11 is 0. The van der Waals surface area contributed by atoms with Gasteiger partial charge in [0, 0.05) is 20.0 Å².